The van der Waals surface area contributed by atoms with E-state index in [1.165, 1.54) is 32.1 Å². The lowest BCUT2D eigenvalue weighted by atomic mass is 9.86. The minimum Gasteiger partial charge on any atom is -0.480 e. The molecule has 4 nitrogen and oxygen atoms in total. The maximum atomic E-state index is 10.5. The summed E-state index contributed by atoms with van der Waals surface area (Å²) >= 11 is 0. The number of hydrogen-bond acceptors (Lipinski definition) is 4. The van der Waals surface area contributed by atoms with E-state index in [1.54, 1.807) is 19.5 Å². The Morgan fingerprint density at radius 3 is 2.39 bits per heavy atom. The maximum Gasteiger partial charge on any atom is 0.238 e. The van der Waals surface area contributed by atoms with Crippen LogP contribution in [0.4, 0.5) is 0 Å². The molecule has 1 aliphatic carbocycles. The third-order valence-electron chi connectivity index (χ3n) is 3.76. The Balaban J connectivity index is 2.10. The van der Waals surface area contributed by atoms with Gasteiger partial charge in [-0.2, -0.15) is 0 Å². The SMILES string of the molecule is COc1nccnc1C(O)C1CCCCCCC1. The van der Waals surface area contributed by atoms with Crippen LogP contribution < -0.4 is 4.74 Å². The van der Waals surface area contributed by atoms with Crippen molar-refractivity contribution in [1.82, 2.24) is 9.97 Å². The average Bonchev–Trinajstić information content (AvgIpc) is 2.37. The van der Waals surface area contributed by atoms with E-state index in [1.807, 2.05) is 0 Å². The predicted molar refractivity (Wildman–Crippen MR) is 69.4 cm³/mol. The predicted octanol–water partition coefficient (Wildman–Crippen LogP) is 2.88. The molecule has 0 radical (unpaired) electrons. The van der Waals surface area contributed by atoms with E-state index in [0.717, 1.165) is 12.8 Å². The Bertz CT molecular complexity index is 363. The van der Waals surface area contributed by atoms with Gasteiger partial charge in [-0.1, -0.05) is 32.1 Å². The normalized spacial score (nSPS) is 19.9. The molecule has 2 rings (SSSR count). The van der Waals surface area contributed by atoms with Crippen LogP contribution in [-0.4, -0.2) is 22.2 Å². The lowest BCUT2D eigenvalue weighted by Crippen LogP contribution is -2.16. The molecule has 1 aromatic heterocycles. The van der Waals surface area contributed by atoms with Crippen molar-refractivity contribution in [3.63, 3.8) is 0 Å². The summed E-state index contributed by atoms with van der Waals surface area (Å²) in [6.45, 7) is 0. The van der Waals surface area contributed by atoms with Gasteiger partial charge in [-0.25, -0.2) is 4.98 Å². The molecule has 0 aromatic carbocycles. The molecule has 4 heteroatoms. The fourth-order valence-electron chi connectivity index (χ4n) is 2.72. The van der Waals surface area contributed by atoms with Crippen molar-refractivity contribution in [3.8, 4) is 5.88 Å². The number of hydrogen-bond donors (Lipinski definition) is 1. The molecule has 1 aliphatic rings. The molecule has 1 aromatic rings. The molecular formula is C14H22N2O2. The molecule has 1 saturated carbocycles. The van der Waals surface area contributed by atoms with Gasteiger partial charge >= 0.3 is 0 Å². The number of aliphatic hydroxyl groups is 1. The number of nitrogens with zero attached hydrogens (tertiary/aromatic N) is 2. The second-order valence-electron chi connectivity index (χ2n) is 5.00. The molecule has 1 fully saturated rings. The van der Waals surface area contributed by atoms with Crippen LogP contribution in [0.1, 0.15) is 56.7 Å². The largest absolute Gasteiger partial charge is 0.480 e. The first-order chi connectivity index (χ1) is 8.83. The van der Waals surface area contributed by atoms with Gasteiger partial charge in [0, 0.05) is 12.4 Å². The van der Waals surface area contributed by atoms with Gasteiger partial charge < -0.3 is 9.84 Å². The van der Waals surface area contributed by atoms with E-state index in [-0.39, 0.29) is 5.92 Å². The summed E-state index contributed by atoms with van der Waals surface area (Å²) in [7, 11) is 1.57. The second-order valence-corrected chi connectivity index (χ2v) is 5.00. The Kier molecular flexibility index (Phi) is 4.93. The number of methoxy groups -OCH3 is 1. The molecule has 100 valence electrons. The Labute approximate surface area is 108 Å². The van der Waals surface area contributed by atoms with Crippen molar-refractivity contribution >= 4 is 0 Å². The molecule has 0 amide bonds. The summed E-state index contributed by atoms with van der Waals surface area (Å²) in [4.78, 5) is 8.35. The first-order valence-electron chi connectivity index (χ1n) is 6.86. The van der Waals surface area contributed by atoms with Gasteiger partial charge in [0.25, 0.3) is 0 Å². The lowest BCUT2D eigenvalue weighted by Gasteiger charge is -2.24. The average molecular weight is 250 g/mol. The first-order valence-corrected chi connectivity index (χ1v) is 6.86. The molecule has 1 unspecified atom stereocenters. The molecule has 0 bridgehead atoms. The topological polar surface area (TPSA) is 55.2 Å². The highest BCUT2D eigenvalue weighted by molar-refractivity contribution is 5.20. The van der Waals surface area contributed by atoms with Crippen LogP contribution >= 0.6 is 0 Å². The van der Waals surface area contributed by atoms with Gasteiger partial charge in [-0.15, -0.1) is 0 Å². The maximum absolute atomic E-state index is 10.5. The van der Waals surface area contributed by atoms with Gasteiger partial charge in [-0.3, -0.25) is 4.98 Å². The second kappa shape index (κ2) is 6.69. The van der Waals surface area contributed by atoms with Crippen LogP contribution in [0.2, 0.25) is 0 Å². The molecule has 0 aliphatic heterocycles. The van der Waals surface area contributed by atoms with Crippen LogP contribution in [0.3, 0.4) is 0 Å². The zero-order valence-corrected chi connectivity index (χ0v) is 11.0. The number of ether oxygens (including phenoxy) is 1. The number of rotatable bonds is 3. The highest BCUT2D eigenvalue weighted by Crippen LogP contribution is 2.34. The molecule has 1 heterocycles. The standard InChI is InChI=1S/C14H22N2O2/c1-18-14-12(15-9-10-16-14)13(17)11-7-5-3-2-4-6-8-11/h9-11,13,17H,2-8H2,1H3. The van der Waals surface area contributed by atoms with E-state index in [2.05, 4.69) is 9.97 Å². The van der Waals surface area contributed by atoms with Gasteiger partial charge in [-0.05, 0) is 18.8 Å². The molecule has 0 spiro atoms. The summed E-state index contributed by atoms with van der Waals surface area (Å²) in [5, 5.41) is 10.5. The van der Waals surface area contributed by atoms with Crippen LogP contribution in [0.5, 0.6) is 5.88 Å². The Morgan fingerprint density at radius 1 is 1.11 bits per heavy atom. The van der Waals surface area contributed by atoms with Crippen molar-refractivity contribution in [2.24, 2.45) is 5.92 Å². The minimum atomic E-state index is -0.549. The highest BCUT2D eigenvalue weighted by atomic mass is 16.5. The van der Waals surface area contributed by atoms with Crippen LogP contribution in [-0.2, 0) is 0 Å². The van der Waals surface area contributed by atoms with Gasteiger partial charge in [0.1, 0.15) is 11.8 Å². The molecular weight excluding hydrogens is 228 g/mol. The molecule has 0 saturated heterocycles. The van der Waals surface area contributed by atoms with Crippen molar-refractivity contribution in [2.45, 2.75) is 51.0 Å². The Hall–Kier alpha value is -1.16. The van der Waals surface area contributed by atoms with E-state index < -0.39 is 6.10 Å². The third kappa shape index (κ3) is 3.19. The lowest BCUT2D eigenvalue weighted by molar-refractivity contribution is 0.0840. The smallest absolute Gasteiger partial charge is 0.238 e. The van der Waals surface area contributed by atoms with Crippen molar-refractivity contribution in [1.29, 1.82) is 0 Å². The zero-order valence-electron chi connectivity index (χ0n) is 11.0. The van der Waals surface area contributed by atoms with E-state index in [9.17, 15) is 5.11 Å². The van der Waals surface area contributed by atoms with Crippen molar-refractivity contribution < 1.29 is 9.84 Å². The van der Waals surface area contributed by atoms with Crippen LogP contribution in [0.25, 0.3) is 0 Å². The van der Waals surface area contributed by atoms with Gasteiger partial charge in [0.2, 0.25) is 5.88 Å². The summed E-state index contributed by atoms with van der Waals surface area (Å²) < 4.78 is 5.18. The van der Waals surface area contributed by atoms with Crippen molar-refractivity contribution in [2.75, 3.05) is 7.11 Å². The number of aliphatic hydroxyl groups excluding tert-OH is 1. The van der Waals surface area contributed by atoms with Gasteiger partial charge in [0.15, 0.2) is 0 Å². The summed E-state index contributed by atoms with van der Waals surface area (Å²) in [6, 6.07) is 0. The minimum absolute atomic E-state index is 0.288. The number of aromatic nitrogens is 2. The summed E-state index contributed by atoms with van der Waals surface area (Å²) in [6.07, 6.45) is 11.1. The fourth-order valence-corrected chi connectivity index (χ4v) is 2.72. The van der Waals surface area contributed by atoms with Crippen molar-refractivity contribution in [3.05, 3.63) is 18.1 Å². The zero-order chi connectivity index (χ0) is 12.8. The highest BCUT2D eigenvalue weighted by Gasteiger charge is 2.25. The first kappa shape index (κ1) is 13.3. The van der Waals surface area contributed by atoms with Crippen LogP contribution in [0, 0.1) is 5.92 Å². The summed E-state index contributed by atoms with van der Waals surface area (Å²) in [5.41, 5.74) is 0.588. The molecule has 18 heavy (non-hydrogen) atoms. The van der Waals surface area contributed by atoms with Gasteiger partial charge in [0.05, 0.1) is 7.11 Å². The van der Waals surface area contributed by atoms with E-state index >= 15 is 0 Å². The summed E-state index contributed by atoms with van der Waals surface area (Å²) in [5.74, 6) is 0.739. The monoisotopic (exact) mass is 250 g/mol. The fraction of sp³-hybridized carbons (Fsp3) is 0.714. The quantitative estimate of drug-likeness (QED) is 0.896. The Morgan fingerprint density at radius 2 is 1.72 bits per heavy atom. The molecule has 1 N–H and O–H groups in total. The van der Waals surface area contributed by atoms with E-state index in [0.29, 0.717) is 11.6 Å². The van der Waals surface area contributed by atoms with Crippen LogP contribution in [0.15, 0.2) is 12.4 Å². The molecule has 1 atom stereocenters. The third-order valence-corrected chi connectivity index (χ3v) is 3.76. The van der Waals surface area contributed by atoms with E-state index in [4.69, 9.17) is 4.74 Å².